The maximum Gasteiger partial charge on any atom is 0.244 e. The van der Waals surface area contributed by atoms with Crippen LogP contribution in [-0.2, 0) is 10.0 Å². The Hall–Kier alpha value is -0.340. The molecule has 1 aromatic rings. The molecule has 118 valence electrons. The number of hydrogen-bond acceptors (Lipinski definition) is 4. The summed E-state index contributed by atoms with van der Waals surface area (Å²) in [5.74, 6) is 0.185. The third-order valence-corrected chi connectivity index (χ3v) is 5.81. The van der Waals surface area contributed by atoms with Gasteiger partial charge in [0.05, 0.1) is 17.2 Å². The van der Waals surface area contributed by atoms with Gasteiger partial charge in [0, 0.05) is 11.6 Å². The quantitative estimate of drug-likeness (QED) is 0.799. The van der Waals surface area contributed by atoms with E-state index < -0.39 is 15.6 Å². The van der Waals surface area contributed by atoms with Crippen molar-refractivity contribution in [2.45, 2.75) is 36.2 Å². The molecule has 2 rings (SSSR count). The molecule has 2 N–H and O–H groups in total. The molecule has 1 aliphatic rings. The van der Waals surface area contributed by atoms with E-state index in [0.717, 1.165) is 12.8 Å². The molecule has 21 heavy (non-hydrogen) atoms. The summed E-state index contributed by atoms with van der Waals surface area (Å²) in [5, 5.41) is 10.5. The Bertz CT molecular complexity index is 629. The van der Waals surface area contributed by atoms with E-state index in [2.05, 4.69) is 20.7 Å². The van der Waals surface area contributed by atoms with E-state index in [1.165, 1.54) is 13.2 Å². The monoisotopic (exact) mass is 397 g/mol. The zero-order chi connectivity index (χ0) is 15.7. The summed E-state index contributed by atoms with van der Waals surface area (Å²) < 4.78 is 32.9. The van der Waals surface area contributed by atoms with Gasteiger partial charge in [-0.1, -0.05) is 24.4 Å². The highest BCUT2D eigenvalue weighted by Crippen LogP contribution is 2.36. The first-order valence-corrected chi connectivity index (χ1v) is 9.18. The van der Waals surface area contributed by atoms with Gasteiger partial charge < -0.3 is 9.84 Å². The van der Waals surface area contributed by atoms with Crippen molar-refractivity contribution >= 4 is 37.6 Å². The van der Waals surface area contributed by atoms with Gasteiger partial charge >= 0.3 is 0 Å². The molecule has 0 amide bonds. The number of halogens is 2. The van der Waals surface area contributed by atoms with Crippen molar-refractivity contribution in [2.75, 3.05) is 13.7 Å². The Labute approximate surface area is 137 Å². The van der Waals surface area contributed by atoms with Gasteiger partial charge in [-0.25, -0.2) is 13.1 Å². The fraction of sp³-hybridized carbons (Fsp3) is 0.538. The van der Waals surface area contributed by atoms with E-state index >= 15 is 0 Å². The molecule has 0 bridgehead atoms. The summed E-state index contributed by atoms with van der Waals surface area (Å²) >= 11 is 9.14. The Morgan fingerprint density at radius 3 is 2.62 bits per heavy atom. The molecule has 0 aliphatic heterocycles. The van der Waals surface area contributed by atoms with Gasteiger partial charge in [-0.2, -0.15) is 0 Å². The minimum absolute atomic E-state index is 0.0113. The van der Waals surface area contributed by atoms with E-state index in [9.17, 15) is 13.5 Å². The summed E-state index contributed by atoms with van der Waals surface area (Å²) in [7, 11) is -2.44. The average Bonchev–Trinajstić information content (AvgIpc) is 2.83. The van der Waals surface area contributed by atoms with Gasteiger partial charge in [0.15, 0.2) is 5.75 Å². The molecule has 8 heteroatoms. The zero-order valence-corrected chi connectivity index (χ0v) is 14.7. The highest BCUT2D eigenvalue weighted by molar-refractivity contribution is 9.10. The van der Waals surface area contributed by atoms with Gasteiger partial charge in [0.1, 0.15) is 4.90 Å². The fourth-order valence-electron chi connectivity index (χ4n) is 2.45. The van der Waals surface area contributed by atoms with Crippen LogP contribution in [-0.4, -0.2) is 32.8 Å². The van der Waals surface area contributed by atoms with Crippen molar-refractivity contribution in [1.29, 1.82) is 0 Å². The van der Waals surface area contributed by atoms with Gasteiger partial charge in [-0.05, 0) is 40.9 Å². The number of rotatable bonds is 5. The highest BCUT2D eigenvalue weighted by Gasteiger charge is 2.33. The Kier molecular flexibility index (Phi) is 5.20. The van der Waals surface area contributed by atoms with Crippen molar-refractivity contribution in [3.05, 3.63) is 21.6 Å². The maximum absolute atomic E-state index is 12.4. The van der Waals surface area contributed by atoms with Crippen LogP contribution in [0.4, 0.5) is 0 Å². The van der Waals surface area contributed by atoms with Crippen molar-refractivity contribution in [3.63, 3.8) is 0 Å². The molecule has 1 aliphatic carbocycles. The molecule has 0 atom stereocenters. The van der Waals surface area contributed by atoms with Crippen LogP contribution in [0.15, 0.2) is 21.5 Å². The predicted molar refractivity (Wildman–Crippen MR) is 84.3 cm³/mol. The normalized spacial score (nSPS) is 17.9. The minimum Gasteiger partial charge on any atom is -0.494 e. The summed E-state index contributed by atoms with van der Waals surface area (Å²) in [5.41, 5.74) is -0.962. The van der Waals surface area contributed by atoms with Crippen molar-refractivity contribution in [3.8, 4) is 5.75 Å². The smallest absolute Gasteiger partial charge is 0.244 e. The number of sulfonamides is 1. The summed E-state index contributed by atoms with van der Waals surface area (Å²) in [6.45, 7) is -0.0113. The van der Waals surface area contributed by atoms with E-state index in [4.69, 9.17) is 16.3 Å². The molecule has 0 aromatic heterocycles. The van der Waals surface area contributed by atoms with Gasteiger partial charge in [0.25, 0.3) is 0 Å². The van der Waals surface area contributed by atoms with Gasteiger partial charge in [0.2, 0.25) is 10.0 Å². The molecule has 0 spiro atoms. The van der Waals surface area contributed by atoms with Crippen LogP contribution in [0.5, 0.6) is 5.75 Å². The van der Waals surface area contributed by atoms with Crippen LogP contribution in [0.3, 0.4) is 0 Å². The lowest BCUT2D eigenvalue weighted by atomic mass is 10.0. The van der Waals surface area contributed by atoms with Crippen LogP contribution in [0.2, 0.25) is 5.02 Å². The lowest BCUT2D eigenvalue weighted by Crippen LogP contribution is -2.40. The summed E-state index contributed by atoms with van der Waals surface area (Å²) in [4.78, 5) is -0.0500. The molecule has 0 unspecified atom stereocenters. The number of hydrogen-bond donors (Lipinski definition) is 2. The van der Waals surface area contributed by atoms with E-state index in [-0.39, 0.29) is 22.2 Å². The van der Waals surface area contributed by atoms with E-state index in [1.54, 1.807) is 6.07 Å². The molecule has 1 fully saturated rings. The van der Waals surface area contributed by atoms with Crippen molar-refractivity contribution in [1.82, 2.24) is 4.72 Å². The van der Waals surface area contributed by atoms with Crippen LogP contribution >= 0.6 is 27.5 Å². The fourth-order valence-corrected chi connectivity index (χ4v) is 4.95. The SMILES string of the molecule is COc1c(Br)cc(Cl)cc1S(=O)(=O)NCC1(O)CCCC1. The Morgan fingerprint density at radius 1 is 1.43 bits per heavy atom. The predicted octanol–water partition coefficient (Wildman–Crippen LogP) is 2.69. The summed E-state index contributed by atoms with van der Waals surface area (Å²) in [6.07, 6.45) is 3.02. The third-order valence-electron chi connectivity index (χ3n) is 3.59. The average molecular weight is 399 g/mol. The molecule has 0 heterocycles. The van der Waals surface area contributed by atoms with Gasteiger partial charge in [-0.15, -0.1) is 0 Å². The second-order valence-electron chi connectivity index (χ2n) is 5.17. The molecule has 0 saturated heterocycles. The standard InChI is InChI=1S/C13H17BrClNO4S/c1-20-12-10(14)6-9(15)7-11(12)21(18,19)16-8-13(17)4-2-3-5-13/h6-7,16-17H,2-5,8H2,1H3. The molecular formula is C13H17BrClNO4S. The molecule has 5 nitrogen and oxygen atoms in total. The lowest BCUT2D eigenvalue weighted by molar-refractivity contribution is 0.0531. The van der Waals surface area contributed by atoms with Crippen LogP contribution in [0.1, 0.15) is 25.7 Å². The topological polar surface area (TPSA) is 75.6 Å². The second-order valence-corrected chi connectivity index (χ2v) is 8.20. The van der Waals surface area contributed by atoms with Crippen molar-refractivity contribution < 1.29 is 18.3 Å². The Balaban J connectivity index is 2.27. The zero-order valence-electron chi connectivity index (χ0n) is 11.5. The largest absolute Gasteiger partial charge is 0.494 e. The second kappa shape index (κ2) is 6.42. The number of aliphatic hydroxyl groups is 1. The third kappa shape index (κ3) is 3.90. The first-order chi connectivity index (χ1) is 9.77. The first-order valence-electron chi connectivity index (χ1n) is 6.52. The lowest BCUT2D eigenvalue weighted by Gasteiger charge is -2.22. The molecule has 1 saturated carbocycles. The molecule has 1 aromatic carbocycles. The highest BCUT2D eigenvalue weighted by atomic mass is 79.9. The number of benzene rings is 1. The number of ether oxygens (including phenoxy) is 1. The van der Waals surface area contributed by atoms with Crippen molar-refractivity contribution in [2.24, 2.45) is 0 Å². The number of nitrogens with one attached hydrogen (secondary N) is 1. The molecular weight excluding hydrogens is 382 g/mol. The minimum atomic E-state index is -3.82. The first kappa shape index (κ1) is 17.0. The number of methoxy groups -OCH3 is 1. The van der Waals surface area contributed by atoms with Gasteiger partial charge in [-0.3, -0.25) is 0 Å². The summed E-state index contributed by atoms with van der Waals surface area (Å²) in [6, 6.07) is 2.89. The van der Waals surface area contributed by atoms with Crippen LogP contribution < -0.4 is 9.46 Å². The Morgan fingerprint density at radius 2 is 2.05 bits per heavy atom. The van der Waals surface area contributed by atoms with E-state index in [1.807, 2.05) is 0 Å². The van der Waals surface area contributed by atoms with Crippen LogP contribution in [0, 0.1) is 0 Å². The van der Waals surface area contributed by atoms with Crippen LogP contribution in [0.25, 0.3) is 0 Å². The maximum atomic E-state index is 12.4. The molecule has 0 radical (unpaired) electrons. The van der Waals surface area contributed by atoms with E-state index in [0.29, 0.717) is 17.3 Å².